The summed E-state index contributed by atoms with van der Waals surface area (Å²) >= 11 is 0. The Kier molecular flexibility index (Phi) is 4.77. The lowest BCUT2D eigenvalue weighted by Crippen LogP contribution is -2.30. The highest BCUT2D eigenvalue weighted by molar-refractivity contribution is 5.94. The van der Waals surface area contributed by atoms with E-state index in [4.69, 9.17) is 9.47 Å². The molecule has 0 aliphatic rings. The number of rotatable bonds is 5. The summed E-state index contributed by atoms with van der Waals surface area (Å²) in [5, 5.41) is 2.69. The fraction of sp³-hybridized carbons (Fsp3) is 0.188. The first-order valence-corrected chi connectivity index (χ1v) is 6.46. The van der Waals surface area contributed by atoms with Gasteiger partial charge in [0.1, 0.15) is 5.75 Å². The first kappa shape index (κ1) is 14.8. The Bertz CT molecular complexity index is 630. The monoisotopic (exact) mass is 289 g/mol. The van der Waals surface area contributed by atoms with E-state index in [9.17, 15) is 9.18 Å². The molecule has 0 aromatic heterocycles. The van der Waals surface area contributed by atoms with Crippen molar-refractivity contribution >= 4 is 11.6 Å². The van der Waals surface area contributed by atoms with Crippen LogP contribution >= 0.6 is 0 Å². The Morgan fingerprint density at radius 3 is 2.67 bits per heavy atom. The van der Waals surface area contributed by atoms with Gasteiger partial charge in [0, 0.05) is 11.8 Å². The summed E-state index contributed by atoms with van der Waals surface area (Å²) in [6.45, 7) is 1.56. The van der Waals surface area contributed by atoms with E-state index in [1.165, 1.54) is 12.1 Å². The molecule has 0 unspecified atom stereocenters. The molecular weight excluding hydrogens is 273 g/mol. The second-order valence-electron chi connectivity index (χ2n) is 4.41. The maximum Gasteiger partial charge on any atom is 0.265 e. The van der Waals surface area contributed by atoms with Crippen molar-refractivity contribution in [2.75, 3.05) is 12.4 Å². The first-order valence-electron chi connectivity index (χ1n) is 6.46. The molecule has 4 nitrogen and oxygen atoms in total. The van der Waals surface area contributed by atoms with Crippen LogP contribution in [0, 0.1) is 5.82 Å². The molecule has 1 N–H and O–H groups in total. The molecule has 5 heteroatoms. The van der Waals surface area contributed by atoms with Gasteiger partial charge in [0.2, 0.25) is 0 Å². The third-order valence-corrected chi connectivity index (χ3v) is 2.85. The maximum atomic E-state index is 13.5. The minimum Gasteiger partial charge on any atom is -0.497 e. The van der Waals surface area contributed by atoms with Gasteiger partial charge in [-0.2, -0.15) is 0 Å². The second kappa shape index (κ2) is 6.74. The molecule has 0 heterocycles. The lowest BCUT2D eigenvalue weighted by molar-refractivity contribution is -0.122. The van der Waals surface area contributed by atoms with Crippen molar-refractivity contribution in [1.82, 2.24) is 0 Å². The Labute approximate surface area is 122 Å². The summed E-state index contributed by atoms with van der Waals surface area (Å²) < 4.78 is 23.9. The fourth-order valence-corrected chi connectivity index (χ4v) is 1.73. The van der Waals surface area contributed by atoms with Crippen molar-refractivity contribution in [1.29, 1.82) is 0 Å². The first-order chi connectivity index (χ1) is 10.1. The normalized spacial score (nSPS) is 11.6. The summed E-state index contributed by atoms with van der Waals surface area (Å²) in [7, 11) is 1.55. The lowest BCUT2D eigenvalue weighted by atomic mass is 10.2. The van der Waals surface area contributed by atoms with Gasteiger partial charge in [0.25, 0.3) is 5.91 Å². The standard InChI is InChI=1S/C16H16FNO3/c1-11(21-15-9-4-3-8-14(15)17)16(19)18-12-6-5-7-13(10-12)20-2/h3-11H,1-2H3,(H,18,19)/t11-/m0/s1. The molecule has 1 atom stereocenters. The van der Waals surface area contributed by atoms with Crippen LogP contribution in [0.1, 0.15) is 6.92 Å². The van der Waals surface area contributed by atoms with E-state index in [1.54, 1.807) is 50.4 Å². The number of carbonyl (C=O) groups excluding carboxylic acids is 1. The van der Waals surface area contributed by atoms with E-state index in [1.807, 2.05) is 0 Å². The zero-order chi connectivity index (χ0) is 15.2. The highest BCUT2D eigenvalue weighted by Gasteiger charge is 2.16. The third kappa shape index (κ3) is 3.95. The number of halogens is 1. The zero-order valence-corrected chi connectivity index (χ0v) is 11.8. The van der Waals surface area contributed by atoms with Crippen LogP contribution in [-0.2, 0) is 4.79 Å². The van der Waals surface area contributed by atoms with Gasteiger partial charge in [0.05, 0.1) is 7.11 Å². The number of carbonyl (C=O) groups is 1. The van der Waals surface area contributed by atoms with Crippen LogP contribution in [0.25, 0.3) is 0 Å². The smallest absolute Gasteiger partial charge is 0.265 e. The number of hydrogen-bond acceptors (Lipinski definition) is 3. The van der Waals surface area contributed by atoms with Crippen LogP contribution in [0.3, 0.4) is 0 Å². The summed E-state index contributed by atoms with van der Waals surface area (Å²) in [6, 6.07) is 12.9. The van der Waals surface area contributed by atoms with Crippen molar-refractivity contribution < 1.29 is 18.7 Å². The minimum atomic E-state index is -0.826. The van der Waals surface area contributed by atoms with Crippen molar-refractivity contribution in [3.05, 3.63) is 54.3 Å². The molecule has 2 aromatic rings. The number of benzene rings is 2. The fourth-order valence-electron chi connectivity index (χ4n) is 1.73. The van der Waals surface area contributed by atoms with Gasteiger partial charge in [0.15, 0.2) is 17.7 Å². The molecule has 0 radical (unpaired) electrons. The molecule has 0 fully saturated rings. The maximum absolute atomic E-state index is 13.5. The molecule has 0 saturated heterocycles. The summed E-state index contributed by atoms with van der Waals surface area (Å²) in [5.41, 5.74) is 0.586. The van der Waals surface area contributed by atoms with Gasteiger partial charge < -0.3 is 14.8 Å². The number of para-hydroxylation sites is 1. The Hall–Kier alpha value is -2.56. The highest BCUT2D eigenvalue weighted by Crippen LogP contribution is 2.19. The van der Waals surface area contributed by atoms with Gasteiger partial charge in [-0.1, -0.05) is 18.2 Å². The van der Waals surface area contributed by atoms with Crippen molar-refractivity contribution in [3.63, 3.8) is 0 Å². The molecule has 0 saturated carbocycles. The zero-order valence-electron chi connectivity index (χ0n) is 11.8. The summed E-state index contributed by atoms with van der Waals surface area (Å²) in [6.07, 6.45) is -0.826. The molecule has 0 bridgehead atoms. The van der Waals surface area contributed by atoms with Gasteiger partial charge in [-0.15, -0.1) is 0 Å². The second-order valence-corrected chi connectivity index (χ2v) is 4.41. The van der Waals surface area contributed by atoms with Gasteiger partial charge >= 0.3 is 0 Å². The molecule has 2 rings (SSSR count). The molecule has 0 aliphatic heterocycles. The average molecular weight is 289 g/mol. The van der Waals surface area contributed by atoms with E-state index in [0.717, 1.165) is 0 Å². The largest absolute Gasteiger partial charge is 0.497 e. The minimum absolute atomic E-state index is 0.0470. The average Bonchev–Trinajstić information content (AvgIpc) is 2.49. The quantitative estimate of drug-likeness (QED) is 0.919. The number of anilines is 1. The topological polar surface area (TPSA) is 47.6 Å². The predicted molar refractivity (Wildman–Crippen MR) is 78.1 cm³/mol. The number of amides is 1. The Morgan fingerprint density at radius 1 is 1.19 bits per heavy atom. The highest BCUT2D eigenvalue weighted by atomic mass is 19.1. The van der Waals surface area contributed by atoms with Gasteiger partial charge in [-0.05, 0) is 31.2 Å². The molecule has 110 valence electrons. The molecule has 2 aromatic carbocycles. The summed E-state index contributed by atoms with van der Waals surface area (Å²) in [5.74, 6) is -0.189. The van der Waals surface area contributed by atoms with Gasteiger partial charge in [-0.25, -0.2) is 4.39 Å². The SMILES string of the molecule is COc1cccc(NC(=O)[C@H](C)Oc2ccccc2F)c1. The Balaban J connectivity index is 2.01. The third-order valence-electron chi connectivity index (χ3n) is 2.85. The molecule has 0 aliphatic carbocycles. The molecule has 21 heavy (non-hydrogen) atoms. The summed E-state index contributed by atoms with van der Waals surface area (Å²) in [4.78, 5) is 12.0. The Morgan fingerprint density at radius 2 is 1.95 bits per heavy atom. The van der Waals surface area contributed by atoms with Crippen LogP contribution in [-0.4, -0.2) is 19.1 Å². The van der Waals surface area contributed by atoms with Crippen LogP contribution in [0.2, 0.25) is 0 Å². The molecule has 1 amide bonds. The number of hydrogen-bond donors (Lipinski definition) is 1. The van der Waals surface area contributed by atoms with E-state index in [-0.39, 0.29) is 11.7 Å². The lowest BCUT2D eigenvalue weighted by Gasteiger charge is -2.15. The van der Waals surface area contributed by atoms with Gasteiger partial charge in [-0.3, -0.25) is 4.79 Å². The van der Waals surface area contributed by atoms with Crippen molar-refractivity contribution in [3.8, 4) is 11.5 Å². The number of ether oxygens (including phenoxy) is 2. The van der Waals surface area contributed by atoms with E-state index < -0.39 is 11.9 Å². The molecule has 0 spiro atoms. The van der Waals surface area contributed by atoms with Crippen LogP contribution in [0.15, 0.2) is 48.5 Å². The van der Waals surface area contributed by atoms with Crippen LogP contribution in [0.4, 0.5) is 10.1 Å². The van der Waals surface area contributed by atoms with E-state index in [0.29, 0.717) is 11.4 Å². The number of methoxy groups -OCH3 is 1. The van der Waals surface area contributed by atoms with Crippen molar-refractivity contribution in [2.24, 2.45) is 0 Å². The van der Waals surface area contributed by atoms with Crippen molar-refractivity contribution in [2.45, 2.75) is 13.0 Å². The van der Waals surface area contributed by atoms with Crippen LogP contribution < -0.4 is 14.8 Å². The molecular formula is C16H16FNO3. The van der Waals surface area contributed by atoms with E-state index >= 15 is 0 Å². The predicted octanol–water partition coefficient (Wildman–Crippen LogP) is 3.24. The van der Waals surface area contributed by atoms with E-state index in [2.05, 4.69) is 5.32 Å². The number of nitrogens with one attached hydrogen (secondary N) is 1. The van der Waals surface area contributed by atoms with Crippen LogP contribution in [0.5, 0.6) is 11.5 Å².